The molecule has 0 atom stereocenters. The van der Waals surface area contributed by atoms with E-state index in [0.29, 0.717) is 23.1 Å². The van der Waals surface area contributed by atoms with Crippen LogP contribution in [0, 0.1) is 0 Å². The van der Waals surface area contributed by atoms with Crippen LogP contribution in [0.2, 0.25) is 0 Å². The fourth-order valence-corrected chi connectivity index (χ4v) is 1.77. The van der Waals surface area contributed by atoms with E-state index in [4.69, 9.17) is 9.15 Å². The highest BCUT2D eigenvalue weighted by Crippen LogP contribution is 2.31. The van der Waals surface area contributed by atoms with Gasteiger partial charge in [-0.05, 0) is 30.3 Å². The molecule has 0 saturated heterocycles. The van der Waals surface area contributed by atoms with Gasteiger partial charge in [0.2, 0.25) is 11.8 Å². The first kappa shape index (κ1) is 12.2. The van der Waals surface area contributed by atoms with Crippen LogP contribution in [0.1, 0.15) is 0 Å². The SMILES string of the molecule is COc1ccc(-c2nnc(-c3ccncc3)o2)cc1O. The van der Waals surface area contributed by atoms with E-state index in [1.807, 2.05) is 0 Å². The van der Waals surface area contributed by atoms with Gasteiger partial charge in [0.15, 0.2) is 11.5 Å². The highest BCUT2D eigenvalue weighted by atomic mass is 16.5. The average molecular weight is 269 g/mol. The molecule has 1 aromatic carbocycles. The van der Waals surface area contributed by atoms with Crippen molar-refractivity contribution in [1.82, 2.24) is 15.2 Å². The second-order valence-electron chi connectivity index (χ2n) is 4.03. The predicted octanol–water partition coefficient (Wildman–Crippen LogP) is 2.51. The Morgan fingerprint density at radius 3 is 2.35 bits per heavy atom. The number of methoxy groups -OCH3 is 1. The van der Waals surface area contributed by atoms with Gasteiger partial charge in [0.1, 0.15) is 0 Å². The van der Waals surface area contributed by atoms with Crippen LogP contribution in [0.25, 0.3) is 22.9 Å². The molecule has 0 fully saturated rings. The van der Waals surface area contributed by atoms with Crippen molar-refractivity contribution in [2.45, 2.75) is 0 Å². The van der Waals surface area contributed by atoms with E-state index in [1.165, 1.54) is 13.2 Å². The molecule has 0 aliphatic heterocycles. The van der Waals surface area contributed by atoms with Crippen LogP contribution in [-0.2, 0) is 0 Å². The molecule has 100 valence electrons. The van der Waals surface area contributed by atoms with Crippen molar-refractivity contribution in [3.63, 3.8) is 0 Å². The van der Waals surface area contributed by atoms with Gasteiger partial charge in [-0.2, -0.15) is 0 Å². The van der Waals surface area contributed by atoms with Crippen molar-refractivity contribution in [3.05, 3.63) is 42.7 Å². The molecule has 3 rings (SSSR count). The largest absolute Gasteiger partial charge is 0.504 e. The lowest BCUT2D eigenvalue weighted by Gasteiger charge is -2.03. The van der Waals surface area contributed by atoms with Crippen molar-refractivity contribution in [3.8, 4) is 34.4 Å². The molecular weight excluding hydrogens is 258 g/mol. The van der Waals surface area contributed by atoms with E-state index < -0.39 is 0 Å². The Bertz CT molecular complexity index is 726. The maximum Gasteiger partial charge on any atom is 0.248 e. The minimum absolute atomic E-state index is 0.0219. The van der Waals surface area contributed by atoms with Crippen LogP contribution in [-0.4, -0.2) is 27.4 Å². The number of nitrogens with zero attached hydrogens (tertiary/aromatic N) is 3. The summed E-state index contributed by atoms with van der Waals surface area (Å²) in [4.78, 5) is 3.93. The zero-order valence-electron chi connectivity index (χ0n) is 10.6. The van der Waals surface area contributed by atoms with Gasteiger partial charge in [0, 0.05) is 23.5 Å². The smallest absolute Gasteiger partial charge is 0.248 e. The molecule has 2 heterocycles. The third kappa shape index (κ3) is 2.18. The van der Waals surface area contributed by atoms with Gasteiger partial charge in [0.25, 0.3) is 0 Å². The fraction of sp³-hybridized carbons (Fsp3) is 0.0714. The quantitative estimate of drug-likeness (QED) is 0.786. The number of hydrogen-bond acceptors (Lipinski definition) is 6. The van der Waals surface area contributed by atoms with Gasteiger partial charge >= 0.3 is 0 Å². The molecular formula is C14H11N3O3. The van der Waals surface area contributed by atoms with Gasteiger partial charge in [-0.3, -0.25) is 4.98 Å². The monoisotopic (exact) mass is 269 g/mol. The number of ether oxygens (including phenoxy) is 1. The van der Waals surface area contributed by atoms with Gasteiger partial charge in [0.05, 0.1) is 7.11 Å². The van der Waals surface area contributed by atoms with Crippen LogP contribution in [0.4, 0.5) is 0 Å². The zero-order chi connectivity index (χ0) is 13.9. The summed E-state index contributed by atoms with van der Waals surface area (Å²) in [5.74, 6) is 1.14. The highest BCUT2D eigenvalue weighted by Gasteiger charge is 2.12. The molecule has 0 spiro atoms. The van der Waals surface area contributed by atoms with Gasteiger partial charge in [-0.1, -0.05) is 0 Å². The maximum absolute atomic E-state index is 9.75. The first-order chi connectivity index (χ1) is 9.78. The second-order valence-corrected chi connectivity index (χ2v) is 4.03. The standard InChI is InChI=1S/C14H11N3O3/c1-19-12-3-2-10(8-11(12)18)14-17-16-13(20-14)9-4-6-15-7-5-9/h2-8,18H,1H3. The first-order valence-electron chi connectivity index (χ1n) is 5.89. The molecule has 0 saturated carbocycles. The Morgan fingerprint density at radius 1 is 1.00 bits per heavy atom. The molecule has 3 aromatic rings. The number of pyridine rings is 1. The zero-order valence-corrected chi connectivity index (χ0v) is 10.6. The molecule has 1 N–H and O–H groups in total. The summed E-state index contributed by atoms with van der Waals surface area (Å²) in [5, 5.41) is 17.7. The van der Waals surface area contributed by atoms with Crippen molar-refractivity contribution in [2.75, 3.05) is 7.11 Å². The normalized spacial score (nSPS) is 10.4. The topological polar surface area (TPSA) is 81.3 Å². The number of phenolic OH excluding ortho intramolecular Hbond substituents is 1. The van der Waals surface area contributed by atoms with E-state index in [-0.39, 0.29) is 5.75 Å². The van der Waals surface area contributed by atoms with Crippen LogP contribution < -0.4 is 4.74 Å². The third-order valence-electron chi connectivity index (χ3n) is 2.78. The van der Waals surface area contributed by atoms with E-state index >= 15 is 0 Å². The number of aromatic hydroxyl groups is 1. The fourth-order valence-electron chi connectivity index (χ4n) is 1.77. The molecule has 0 amide bonds. The molecule has 6 heteroatoms. The molecule has 0 aliphatic carbocycles. The maximum atomic E-state index is 9.75. The number of hydrogen-bond donors (Lipinski definition) is 1. The van der Waals surface area contributed by atoms with Gasteiger partial charge in [-0.15, -0.1) is 10.2 Å². The number of phenols is 1. The summed E-state index contributed by atoms with van der Waals surface area (Å²) in [7, 11) is 1.49. The Kier molecular flexibility index (Phi) is 3.04. The van der Waals surface area contributed by atoms with E-state index in [0.717, 1.165) is 5.56 Å². The Morgan fingerprint density at radius 2 is 1.70 bits per heavy atom. The lowest BCUT2D eigenvalue weighted by molar-refractivity contribution is 0.373. The number of aromatic nitrogens is 3. The van der Waals surface area contributed by atoms with Crippen molar-refractivity contribution < 1.29 is 14.3 Å². The summed E-state index contributed by atoms with van der Waals surface area (Å²) in [6.45, 7) is 0. The highest BCUT2D eigenvalue weighted by molar-refractivity contribution is 5.61. The minimum Gasteiger partial charge on any atom is -0.504 e. The first-order valence-corrected chi connectivity index (χ1v) is 5.89. The molecule has 20 heavy (non-hydrogen) atoms. The van der Waals surface area contributed by atoms with E-state index in [2.05, 4.69) is 15.2 Å². The Balaban J connectivity index is 1.96. The summed E-state index contributed by atoms with van der Waals surface area (Å²) in [6.07, 6.45) is 3.30. The molecule has 2 aromatic heterocycles. The lowest BCUT2D eigenvalue weighted by Crippen LogP contribution is -1.84. The lowest BCUT2D eigenvalue weighted by atomic mass is 10.2. The van der Waals surface area contributed by atoms with Crippen molar-refractivity contribution in [2.24, 2.45) is 0 Å². The molecule has 0 bridgehead atoms. The minimum atomic E-state index is 0.0219. The van der Waals surface area contributed by atoms with Crippen LogP contribution >= 0.6 is 0 Å². The van der Waals surface area contributed by atoms with Gasteiger partial charge in [-0.25, -0.2) is 0 Å². The predicted molar refractivity (Wildman–Crippen MR) is 71.2 cm³/mol. The second kappa shape index (κ2) is 5.00. The third-order valence-corrected chi connectivity index (χ3v) is 2.78. The van der Waals surface area contributed by atoms with Crippen molar-refractivity contribution >= 4 is 0 Å². The number of benzene rings is 1. The summed E-state index contributed by atoms with van der Waals surface area (Å²) < 4.78 is 10.6. The molecule has 6 nitrogen and oxygen atoms in total. The summed E-state index contributed by atoms with van der Waals surface area (Å²) in [6, 6.07) is 8.46. The van der Waals surface area contributed by atoms with E-state index in [1.54, 1.807) is 36.7 Å². The molecule has 0 radical (unpaired) electrons. The molecule has 0 aliphatic rings. The summed E-state index contributed by atoms with van der Waals surface area (Å²) in [5.41, 5.74) is 1.41. The Labute approximate surface area is 114 Å². The number of rotatable bonds is 3. The average Bonchev–Trinajstić information content (AvgIpc) is 2.98. The van der Waals surface area contributed by atoms with Gasteiger partial charge < -0.3 is 14.3 Å². The van der Waals surface area contributed by atoms with Crippen molar-refractivity contribution in [1.29, 1.82) is 0 Å². The Hall–Kier alpha value is -2.89. The summed E-state index contributed by atoms with van der Waals surface area (Å²) >= 11 is 0. The van der Waals surface area contributed by atoms with E-state index in [9.17, 15) is 5.11 Å². The molecule has 0 unspecified atom stereocenters. The van der Waals surface area contributed by atoms with Crippen LogP contribution in [0.15, 0.2) is 47.1 Å². The van der Waals surface area contributed by atoms with Crippen LogP contribution in [0.3, 0.4) is 0 Å². The van der Waals surface area contributed by atoms with Crippen LogP contribution in [0.5, 0.6) is 11.5 Å².